The van der Waals surface area contributed by atoms with Crippen molar-refractivity contribution in [3.05, 3.63) is 95.1 Å². The number of nitrogens with zero attached hydrogens (tertiary/aromatic N) is 1. The molecule has 0 unspecified atom stereocenters. The molecule has 0 aliphatic carbocycles. The van der Waals surface area contributed by atoms with E-state index in [4.69, 9.17) is 11.6 Å². The number of fused-ring (bicyclic) bond motifs is 5. The van der Waals surface area contributed by atoms with Crippen LogP contribution in [0.3, 0.4) is 0 Å². The highest BCUT2D eigenvalue weighted by Gasteiger charge is 2.70. The van der Waals surface area contributed by atoms with E-state index in [1.54, 1.807) is 42.5 Å². The van der Waals surface area contributed by atoms with Gasteiger partial charge in [0.25, 0.3) is 0 Å². The number of benzene rings is 3. The summed E-state index contributed by atoms with van der Waals surface area (Å²) < 4.78 is 0. The molecule has 1 spiro atoms. The van der Waals surface area contributed by atoms with Crippen LogP contribution in [0.2, 0.25) is 5.02 Å². The summed E-state index contributed by atoms with van der Waals surface area (Å²) in [7, 11) is 0. The molecule has 7 rings (SSSR count). The van der Waals surface area contributed by atoms with Crippen LogP contribution in [0.1, 0.15) is 11.1 Å². The summed E-state index contributed by atoms with van der Waals surface area (Å²) in [5, 5.41) is 7.91. The first-order valence-electron chi connectivity index (χ1n) is 11.9. The van der Waals surface area contributed by atoms with Crippen LogP contribution in [0.4, 0.5) is 11.4 Å². The largest absolute Gasteiger partial charge is 0.361 e. The molecule has 4 atom stereocenters. The zero-order valence-electron chi connectivity index (χ0n) is 19.0. The summed E-state index contributed by atoms with van der Waals surface area (Å²) in [4.78, 5) is 46.1. The van der Waals surface area contributed by atoms with E-state index in [0.29, 0.717) is 28.4 Å². The molecule has 8 heteroatoms. The monoisotopic (exact) mass is 496 g/mol. The molecule has 4 aromatic rings. The number of hydrogen-bond acceptors (Lipinski definition) is 4. The Hall–Kier alpha value is -3.94. The molecule has 178 valence electrons. The summed E-state index contributed by atoms with van der Waals surface area (Å²) >= 11 is 6.35. The quantitative estimate of drug-likeness (QED) is 0.374. The number of carbonyl (C=O) groups is 3. The van der Waals surface area contributed by atoms with Crippen molar-refractivity contribution in [2.24, 2.45) is 11.8 Å². The minimum absolute atomic E-state index is 0.298. The molecule has 2 saturated heterocycles. The Bertz CT molecular complexity index is 1580. The molecule has 3 N–H and O–H groups in total. The summed E-state index contributed by atoms with van der Waals surface area (Å²) in [6.07, 6.45) is 2.40. The van der Waals surface area contributed by atoms with E-state index in [9.17, 15) is 14.4 Å². The van der Waals surface area contributed by atoms with Gasteiger partial charge in [-0.05, 0) is 48.4 Å². The van der Waals surface area contributed by atoms with Crippen LogP contribution in [0.25, 0.3) is 10.9 Å². The van der Waals surface area contributed by atoms with Crippen molar-refractivity contribution in [3.63, 3.8) is 0 Å². The van der Waals surface area contributed by atoms with E-state index in [0.717, 1.165) is 16.5 Å². The second-order valence-corrected chi connectivity index (χ2v) is 10.1. The van der Waals surface area contributed by atoms with Gasteiger partial charge >= 0.3 is 0 Å². The van der Waals surface area contributed by atoms with Crippen LogP contribution in [0.15, 0.2) is 79.0 Å². The summed E-state index contributed by atoms with van der Waals surface area (Å²) in [6, 6.07) is 21.6. The molecule has 3 aliphatic heterocycles. The van der Waals surface area contributed by atoms with E-state index in [-0.39, 0.29) is 17.7 Å². The van der Waals surface area contributed by atoms with E-state index in [1.165, 1.54) is 4.90 Å². The summed E-state index contributed by atoms with van der Waals surface area (Å²) in [6.45, 7) is 0. The van der Waals surface area contributed by atoms with Gasteiger partial charge in [0.1, 0.15) is 5.54 Å². The molecule has 7 nitrogen and oxygen atoms in total. The van der Waals surface area contributed by atoms with Gasteiger partial charge in [0, 0.05) is 39.4 Å². The van der Waals surface area contributed by atoms with Crippen LogP contribution < -0.4 is 15.5 Å². The number of aromatic amines is 1. The molecule has 3 amide bonds. The van der Waals surface area contributed by atoms with Gasteiger partial charge < -0.3 is 10.3 Å². The van der Waals surface area contributed by atoms with Gasteiger partial charge in [0.2, 0.25) is 17.7 Å². The Morgan fingerprint density at radius 1 is 0.917 bits per heavy atom. The maximum Gasteiger partial charge on any atom is 0.250 e. The Kier molecular flexibility index (Phi) is 4.46. The number of H-pyrrole nitrogens is 1. The Morgan fingerprint density at radius 2 is 1.69 bits per heavy atom. The first-order chi connectivity index (χ1) is 17.5. The van der Waals surface area contributed by atoms with Crippen LogP contribution >= 0.6 is 11.6 Å². The molecule has 0 saturated carbocycles. The predicted molar refractivity (Wildman–Crippen MR) is 137 cm³/mol. The molecule has 0 radical (unpaired) electrons. The lowest BCUT2D eigenvalue weighted by atomic mass is 9.76. The lowest BCUT2D eigenvalue weighted by molar-refractivity contribution is -0.130. The number of anilines is 2. The van der Waals surface area contributed by atoms with Gasteiger partial charge in [-0.25, -0.2) is 4.90 Å². The fraction of sp³-hybridized carbons (Fsp3) is 0.179. The summed E-state index contributed by atoms with van der Waals surface area (Å²) in [5.41, 5.74) is 2.33. The number of hydrogen-bond donors (Lipinski definition) is 3. The first kappa shape index (κ1) is 21.4. The maximum absolute atomic E-state index is 14.0. The number of carbonyl (C=O) groups excluding carboxylic acids is 3. The topological polar surface area (TPSA) is 94.3 Å². The smallest absolute Gasteiger partial charge is 0.250 e. The maximum atomic E-state index is 14.0. The Morgan fingerprint density at radius 3 is 2.53 bits per heavy atom. The van der Waals surface area contributed by atoms with Crippen LogP contribution in [0, 0.1) is 11.8 Å². The number of imide groups is 1. The van der Waals surface area contributed by atoms with Crippen molar-refractivity contribution in [3.8, 4) is 0 Å². The Labute approximate surface area is 211 Å². The minimum Gasteiger partial charge on any atom is -0.361 e. The molecule has 36 heavy (non-hydrogen) atoms. The molecule has 0 bridgehead atoms. The van der Waals surface area contributed by atoms with Crippen molar-refractivity contribution in [1.82, 2.24) is 10.3 Å². The van der Waals surface area contributed by atoms with Crippen molar-refractivity contribution in [2.45, 2.75) is 18.0 Å². The molecule has 4 heterocycles. The number of amides is 3. The molecular formula is C28H21ClN4O3. The lowest BCUT2D eigenvalue weighted by Crippen LogP contribution is -2.53. The zero-order valence-corrected chi connectivity index (χ0v) is 19.8. The number of rotatable bonds is 3. The normalized spacial score (nSPS) is 26.6. The average molecular weight is 497 g/mol. The Balaban J connectivity index is 1.39. The fourth-order valence-electron chi connectivity index (χ4n) is 6.32. The third-order valence-corrected chi connectivity index (χ3v) is 8.04. The fourth-order valence-corrected chi connectivity index (χ4v) is 6.49. The van der Waals surface area contributed by atoms with Crippen LogP contribution in [-0.2, 0) is 26.3 Å². The van der Waals surface area contributed by atoms with Crippen LogP contribution in [-0.4, -0.2) is 28.7 Å². The highest BCUT2D eigenvalue weighted by molar-refractivity contribution is 6.31. The minimum atomic E-state index is -1.39. The van der Waals surface area contributed by atoms with Crippen molar-refractivity contribution < 1.29 is 14.4 Å². The third-order valence-electron chi connectivity index (χ3n) is 7.81. The first-order valence-corrected chi connectivity index (χ1v) is 12.2. The van der Waals surface area contributed by atoms with Gasteiger partial charge in [-0.1, -0.05) is 48.0 Å². The van der Waals surface area contributed by atoms with E-state index in [1.807, 2.05) is 36.5 Å². The standard InChI is InChI=1S/C28H21ClN4O3/c29-16-10-11-21-19(13-16)28(27(36)31-21)24-23(25(34)33(26(24)35)17-6-2-1-3-7-17)22(32-28)12-15-14-30-20-9-5-4-8-18(15)20/h1-11,13-14,22-24,30,32H,12H2,(H,31,36)/t22-,23+,24-,28-/m0/s1. The molecule has 3 aliphatic rings. The van der Waals surface area contributed by atoms with Crippen molar-refractivity contribution >= 4 is 51.6 Å². The summed E-state index contributed by atoms with van der Waals surface area (Å²) in [5.74, 6) is -2.64. The van der Waals surface area contributed by atoms with Gasteiger partial charge in [-0.3, -0.25) is 19.7 Å². The second-order valence-electron chi connectivity index (χ2n) is 9.62. The van der Waals surface area contributed by atoms with Gasteiger partial charge in [-0.2, -0.15) is 0 Å². The third kappa shape index (κ3) is 2.75. The van der Waals surface area contributed by atoms with E-state index in [2.05, 4.69) is 15.6 Å². The predicted octanol–water partition coefficient (Wildman–Crippen LogP) is 3.99. The number of nitrogens with one attached hydrogen (secondary N) is 3. The molecule has 3 aromatic carbocycles. The zero-order chi connectivity index (χ0) is 24.6. The van der Waals surface area contributed by atoms with Gasteiger partial charge in [-0.15, -0.1) is 0 Å². The highest BCUT2D eigenvalue weighted by Crippen LogP contribution is 2.54. The lowest BCUT2D eigenvalue weighted by Gasteiger charge is -2.29. The van der Waals surface area contributed by atoms with Crippen LogP contribution in [0.5, 0.6) is 0 Å². The van der Waals surface area contributed by atoms with E-state index < -0.39 is 23.4 Å². The molecule has 2 fully saturated rings. The number of halogens is 1. The van der Waals surface area contributed by atoms with E-state index >= 15 is 0 Å². The molecular weight excluding hydrogens is 476 g/mol. The number of para-hydroxylation sites is 2. The van der Waals surface area contributed by atoms with Gasteiger partial charge in [0.05, 0.1) is 17.5 Å². The average Bonchev–Trinajstić information content (AvgIpc) is 3.59. The highest BCUT2D eigenvalue weighted by atomic mass is 35.5. The SMILES string of the molecule is O=C1[C@@H]2[C@H](Cc3c[nH]c4ccccc34)N[C@]3(C(=O)Nc4ccc(Cl)cc43)[C@@H]2C(=O)N1c1ccccc1. The van der Waals surface area contributed by atoms with Crippen molar-refractivity contribution in [1.29, 1.82) is 0 Å². The number of aromatic nitrogens is 1. The van der Waals surface area contributed by atoms with Crippen molar-refractivity contribution in [2.75, 3.05) is 10.2 Å². The molecule has 1 aromatic heterocycles. The second kappa shape index (κ2) is 7.53. The van der Waals surface area contributed by atoms with Gasteiger partial charge in [0.15, 0.2) is 0 Å².